The first-order valence-electron chi connectivity index (χ1n) is 10.5. The molecule has 1 saturated carbocycles. The first-order valence-corrected chi connectivity index (χ1v) is 11.3. The largest absolute Gasteiger partial charge is 0.435 e. The second-order valence-electron chi connectivity index (χ2n) is 8.56. The number of alkyl halides is 3. The van der Waals surface area contributed by atoms with Gasteiger partial charge >= 0.3 is 6.18 Å². The lowest BCUT2D eigenvalue weighted by Gasteiger charge is -2.35. The molecule has 5 nitrogen and oxygen atoms in total. The molecule has 32 heavy (non-hydrogen) atoms. The Balaban J connectivity index is 1.77. The summed E-state index contributed by atoms with van der Waals surface area (Å²) in [6.07, 6.45) is -0.581. The average molecular weight is 487 g/mol. The molecule has 1 aliphatic heterocycles. The molecule has 0 saturated heterocycles. The van der Waals surface area contributed by atoms with E-state index in [1.54, 1.807) is 25.1 Å². The van der Waals surface area contributed by atoms with Crippen LogP contribution in [-0.2, 0) is 11.0 Å². The molecule has 4 atom stereocenters. The van der Waals surface area contributed by atoms with E-state index in [1.807, 2.05) is 0 Å². The van der Waals surface area contributed by atoms with Crippen molar-refractivity contribution in [3.05, 3.63) is 45.6 Å². The van der Waals surface area contributed by atoms with Crippen LogP contribution in [0.15, 0.2) is 29.3 Å². The van der Waals surface area contributed by atoms with Crippen LogP contribution >= 0.6 is 23.2 Å². The molecule has 1 N–H and O–H groups in total. The Morgan fingerprint density at radius 1 is 1.16 bits per heavy atom. The number of carbonyl (C=O) groups is 1. The number of hydrogen-bond donors (Lipinski definition) is 1. The number of aromatic nitrogens is 2. The molecular formula is C22H23Cl2F3N4O. The first-order chi connectivity index (χ1) is 15.1. The van der Waals surface area contributed by atoms with Crippen LogP contribution in [0.2, 0.25) is 10.0 Å². The highest BCUT2D eigenvalue weighted by Gasteiger charge is 2.43. The predicted molar refractivity (Wildman–Crippen MR) is 118 cm³/mol. The van der Waals surface area contributed by atoms with Crippen LogP contribution in [0.3, 0.4) is 0 Å². The van der Waals surface area contributed by atoms with Crippen molar-refractivity contribution in [2.75, 3.05) is 0 Å². The molecule has 2 aliphatic rings. The van der Waals surface area contributed by atoms with Crippen LogP contribution in [0.1, 0.15) is 56.8 Å². The highest BCUT2D eigenvalue weighted by Crippen LogP contribution is 2.41. The third kappa shape index (κ3) is 4.39. The number of nitrogens with zero attached hydrogens (tertiary/aromatic N) is 3. The van der Waals surface area contributed by atoms with Crippen LogP contribution in [0.5, 0.6) is 0 Å². The topological polar surface area (TPSA) is 59.3 Å². The summed E-state index contributed by atoms with van der Waals surface area (Å²) in [7, 11) is 0. The van der Waals surface area contributed by atoms with E-state index in [9.17, 15) is 18.0 Å². The highest BCUT2D eigenvalue weighted by atomic mass is 35.5. The Morgan fingerprint density at radius 3 is 2.53 bits per heavy atom. The maximum Gasteiger partial charge on any atom is 0.435 e. The molecular weight excluding hydrogens is 464 g/mol. The number of carbonyl (C=O) groups excluding carboxylic acids is 1. The molecule has 1 fully saturated rings. The van der Waals surface area contributed by atoms with Crippen molar-refractivity contribution >= 4 is 40.6 Å². The molecule has 172 valence electrons. The highest BCUT2D eigenvalue weighted by molar-refractivity contribution is 6.42. The van der Waals surface area contributed by atoms with Gasteiger partial charge in [0.2, 0.25) is 5.91 Å². The lowest BCUT2D eigenvalue weighted by atomic mass is 9.83. The van der Waals surface area contributed by atoms with Gasteiger partial charge in [-0.05, 0) is 43.4 Å². The Hall–Kier alpha value is -2.06. The summed E-state index contributed by atoms with van der Waals surface area (Å²) in [5.74, 6) is -0.749. The monoisotopic (exact) mass is 486 g/mol. The molecule has 0 bridgehead atoms. The zero-order valence-electron chi connectivity index (χ0n) is 17.6. The number of rotatable bonds is 3. The van der Waals surface area contributed by atoms with Gasteiger partial charge in [0.1, 0.15) is 5.92 Å². The van der Waals surface area contributed by atoms with Gasteiger partial charge in [0.15, 0.2) is 11.5 Å². The SMILES string of the molecule is CC1=Nc2cc(C(F)(F)F)nn2C(c2ccc(Cl)c(Cl)c2)C1C(=O)NC1CCCCC1C. The van der Waals surface area contributed by atoms with Gasteiger partial charge in [0, 0.05) is 17.8 Å². The average Bonchev–Trinajstić information content (AvgIpc) is 3.15. The fourth-order valence-electron chi connectivity index (χ4n) is 4.60. The van der Waals surface area contributed by atoms with Gasteiger partial charge in [-0.2, -0.15) is 18.3 Å². The second-order valence-corrected chi connectivity index (χ2v) is 9.37. The molecule has 4 unspecified atom stereocenters. The van der Waals surface area contributed by atoms with Gasteiger partial charge in [-0.15, -0.1) is 0 Å². The van der Waals surface area contributed by atoms with Crippen molar-refractivity contribution in [1.29, 1.82) is 0 Å². The zero-order valence-corrected chi connectivity index (χ0v) is 19.1. The van der Waals surface area contributed by atoms with Crippen LogP contribution in [0.4, 0.5) is 19.0 Å². The molecule has 2 aromatic rings. The van der Waals surface area contributed by atoms with Crippen LogP contribution in [-0.4, -0.2) is 27.4 Å². The summed E-state index contributed by atoms with van der Waals surface area (Å²) < 4.78 is 41.3. The minimum absolute atomic E-state index is 0.0169. The molecule has 10 heteroatoms. The minimum atomic E-state index is -4.63. The van der Waals surface area contributed by atoms with Gasteiger partial charge in [0.05, 0.1) is 16.1 Å². The summed E-state index contributed by atoms with van der Waals surface area (Å²) >= 11 is 12.3. The number of aliphatic imine (C=N–C) groups is 1. The van der Waals surface area contributed by atoms with Crippen molar-refractivity contribution in [1.82, 2.24) is 15.1 Å². The molecule has 2 heterocycles. The number of amides is 1. The molecule has 1 aromatic heterocycles. The van der Waals surface area contributed by atoms with E-state index >= 15 is 0 Å². The van der Waals surface area contributed by atoms with Crippen LogP contribution in [0.25, 0.3) is 0 Å². The van der Waals surface area contributed by atoms with Crippen molar-refractivity contribution in [2.45, 2.75) is 57.8 Å². The van der Waals surface area contributed by atoms with Crippen molar-refractivity contribution in [3.63, 3.8) is 0 Å². The summed E-state index contributed by atoms with van der Waals surface area (Å²) in [5.41, 5.74) is -0.109. The van der Waals surface area contributed by atoms with Crippen LogP contribution in [0, 0.1) is 11.8 Å². The van der Waals surface area contributed by atoms with E-state index in [4.69, 9.17) is 23.2 Å². The third-order valence-electron chi connectivity index (χ3n) is 6.33. The number of nitrogens with one attached hydrogen (secondary N) is 1. The summed E-state index contributed by atoms with van der Waals surface area (Å²) in [5, 5.41) is 7.46. The standard InChI is InChI=1S/C22H23Cl2F3N4O/c1-11-5-3-4-6-16(11)29-21(32)19-12(2)28-18-10-17(22(25,26)27)30-31(18)20(19)13-7-8-14(23)15(24)9-13/h7-11,16,19-20H,3-6H2,1-2H3,(H,29,32). The predicted octanol–water partition coefficient (Wildman–Crippen LogP) is 6.22. The quantitative estimate of drug-likeness (QED) is 0.559. The molecule has 1 aromatic carbocycles. The Labute approximate surface area is 194 Å². The Kier molecular flexibility index (Phi) is 6.29. The number of fused-ring (bicyclic) bond motifs is 1. The van der Waals surface area contributed by atoms with E-state index in [2.05, 4.69) is 22.3 Å². The van der Waals surface area contributed by atoms with Gasteiger partial charge in [-0.25, -0.2) is 9.67 Å². The van der Waals surface area contributed by atoms with E-state index in [0.29, 0.717) is 22.2 Å². The van der Waals surface area contributed by atoms with Crippen molar-refractivity contribution in [3.8, 4) is 0 Å². The maximum atomic E-state index is 13.5. The van der Waals surface area contributed by atoms with Gasteiger partial charge in [-0.1, -0.05) is 49.0 Å². The first kappa shape index (κ1) is 23.1. The Bertz CT molecular complexity index is 1070. The van der Waals surface area contributed by atoms with E-state index < -0.39 is 23.8 Å². The minimum Gasteiger partial charge on any atom is -0.352 e. The Morgan fingerprint density at radius 2 is 1.88 bits per heavy atom. The molecule has 4 rings (SSSR count). The fraction of sp³-hybridized carbons (Fsp3) is 0.500. The van der Waals surface area contributed by atoms with E-state index in [0.717, 1.165) is 31.7 Å². The number of halogens is 5. The summed E-state index contributed by atoms with van der Waals surface area (Å²) in [6.45, 7) is 3.76. The normalized spacial score (nSPS) is 25.8. The number of hydrogen-bond acceptors (Lipinski definition) is 3. The fourth-order valence-corrected chi connectivity index (χ4v) is 4.90. The molecule has 0 spiro atoms. The van der Waals surface area contributed by atoms with Gasteiger partial charge in [0.25, 0.3) is 0 Å². The lowest BCUT2D eigenvalue weighted by Crippen LogP contribution is -2.48. The van der Waals surface area contributed by atoms with Gasteiger partial charge in [-0.3, -0.25) is 4.79 Å². The lowest BCUT2D eigenvalue weighted by molar-refractivity contribution is -0.141. The summed E-state index contributed by atoms with van der Waals surface area (Å²) in [6, 6.07) is 4.85. The van der Waals surface area contributed by atoms with Crippen molar-refractivity contribution in [2.24, 2.45) is 16.8 Å². The third-order valence-corrected chi connectivity index (χ3v) is 7.07. The second kappa shape index (κ2) is 8.71. The van der Waals surface area contributed by atoms with Crippen LogP contribution < -0.4 is 5.32 Å². The number of benzene rings is 1. The zero-order chi connectivity index (χ0) is 23.2. The van der Waals surface area contributed by atoms with Crippen molar-refractivity contribution < 1.29 is 18.0 Å². The smallest absolute Gasteiger partial charge is 0.352 e. The molecule has 1 aliphatic carbocycles. The van der Waals surface area contributed by atoms with E-state index in [-0.39, 0.29) is 22.8 Å². The molecule has 0 radical (unpaired) electrons. The maximum absolute atomic E-state index is 13.5. The molecule has 1 amide bonds. The van der Waals surface area contributed by atoms with Gasteiger partial charge < -0.3 is 5.32 Å². The van der Waals surface area contributed by atoms with E-state index in [1.165, 1.54) is 4.68 Å². The summed E-state index contributed by atoms with van der Waals surface area (Å²) in [4.78, 5) is 17.8.